The molecular formula is C37H60N4O5. The summed E-state index contributed by atoms with van der Waals surface area (Å²) in [6.45, 7) is 4.45. The van der Waals surface area contributed by atoms with E-state index in [1.165, 1.54) is 11.1 Å². The minimum Gasteiger partial charge on any atom is -0.481 e. The average molecular weight is 641 g/mol. The van der Waals surface area contributed by atoms with Gasteiger partial charge < -0.3 is 36.5 Å². The molecule has 1 saturated carbocycles. The van der Waals surface area contributed by atoms with Crippen LogP contribution in [0.5, 0.6) is 0 Å². The Bertz CT molecular complexity index is 1170. The molecule has 0 amide bonds. The molecule has 5 rings (SSSR count). The molecule has 0 spiro atoms. The van der Waals surface area contributed by atoms with Gasteiger partial charge in [-0.15, -0.1) is 0 Å². The highest BCUT2D eigenvalue weighted by Gasteiger charge is 2.44. The zero-order chi connectivity index (χ0) is 32.9. The van der Waals surface area contributed by atoms with Crippen LogP contribution < -0.4 is 21.7 Å². The number of aldehydes is 1. The highest BCUT2D eigenvalue weighted by atomic mass is 16.4. The maximum absolute atomic E-state index is 12.2. The molecule has 4 aliphatic rings. The number of nitrogens with one attached hydrogen (secondary N) is 3. The maximum Gasteiger partial charge on any atom is 0.306 e. The van der Waals surface area contributed by atoms with E-state index in [9.17, 15) is 24.9 Å². The third kappa shape index (κ3) is 9.17. The Balaban J connectivity index is 1.42. The summed E-state index contributed by atoms with van der Waals surface area (Å²) >= 11 is 0. The molecule has 1 aliphatic carbocycles. The number of carbonyl (C=O) groups is 2. The zero-order valence-electron chi connectivity index (χ0n) is 28.1. The molecular weight excluding hydrogens is 580 g/mol. The summed E-state index contributed by atoms with van der Waals surface area (Å²) in [5, 5.41) is 42.5. The Morgan fingerprint density at radius 3 is 2.54 bits per heavy atom. The predicted molar refractivity (Wildman–Crippen MR) is 180 cm³/mol. The summed E-state index contributed by atoms with van der Waals surface area (Å²) in [5.74, 6) is 0.615. The second-order valence-electron chi connectivity index (χ2n) is 15.9. The van der Waals surface area contributed by atoms with Crippen LogP contribution in [0.25, 0.3) is 0 Å². The molecule has 4 bridgehead atoms. The third-order valence-electron chi connectivity index (χ3n) is 12.1. The lowest BCUT2D eigenvalue weighted by Gasteiger charge is -2.48. The van der Waals surface area contributed by atoms with E-state index in [1.54, 1.807) is 0 Å². The van der Waals surface area contributed by atoms with Gasteiger partial charge in [-0.05, 0) is 106 Å². The molecule has 258 valence electrons. The molecule has 0 unspecified atom stereocenters. The number of rotatable bonds is 5. The van der Waals surface area contributed by atoms with E-state index in [1.807, 2.05) is 0 Å². The Morgan fingerprint density at radius 1 is 1.02 bits per heavy atom. The molecule has 0 radical (unpaired) electrons. The molecule has 3 fully saturated rings. The van der Waals surface area contributed by atoms with Crippen LogP contribution in [0.1, 0.15) is 108 Å². The topological polar surface area (TPSA) is 157 Å². The number of carboxylic acids is 1. The number of β-amino-alcohol motifs (C(OH)–C–C–N with tert-alkyl or cyclic N) is 1. The van der Waals surface area contributed by atoms with Gasteiger partial charge in [0.05, 0.1) is 24.3 Å². The molecule has 46 heavy (non-hydrogen) atoms. The molecule has 2 saturated heterocycles. The zero-order valence-corrected chi connectivity index (χ0v) is 28.1. The second-order valence-corrected chi connectivity index (χ2v) is 15.9. The minimum absolute atomic E-state index is 0.0636. The monoisotopic (exact) mass is 640 g/mol. The number of hydrogen-bond acceptors (Lipinski definition) is 8. The Labute approximate surface area is 275 Å². The van der Waals surface area contributed by atoms with Crippen LogP contribution in [0.15, 0.2) is 24.3 Å². The minimum atomic E-state index is -1.31. The van der Waals surface area contributed by atoms with Crippen molar-refractivity contribution in [1.29, 1.82) is 0 Å². The van der Waals surface area contributed by atoms with Gasteiger partial charge in [0, 0.05) is 36.6 Å². The van der Waals surface area contributed by atoms with Crippen LogP contribution in [0.4, 0.5) is 0 Å². The van der Waals surface area contributed by atoms with Crippen molar-refractivity contribution in [2.24, 2.45) is 29.4 Å². The first kappa shape index (κ1) is 35.4. The van der Waals surface area contributed by atoms with Gasteiger partial charge in [0.2, 0.25) is 0 Å². The van der Waals surface area contributed by atoms with Crippen LogP contribution in [0, 0.1) is 23.7 Å². The number of piperidine rings is 2. The van der Waals surface area contributed by atoms with Gasteiger partial charge in [0.15, 0.2) is 0 Å². The van der Waals surface area contributed by atoms with Crippen molar-refractivity contribution in [3.05, 3.63) is 35.4 Å². The fourth-order valence-electron chi connectivity index (χ4n) is 9.79. The molecule has 3 heterocycles. The van der Waals surface area contributed by atoms with Crippen molar-refractivity contribution in [2.75, 3.05) is 6.54 Å². The largest absolute Gasteiger partial charge is 0.481 e. The van der Waals surface area contributed by atoms with E-state index in [4.69, 9.17) is 5.73 Å². The van der Waals surface area contributed by atoms with Crippen LogP contribution in [0.2, 0.25) is 0 Å². The quantitative estimate of drug-likeness (QED) is 0.239. The highest BCUT2D eigenvalue weighted by Crippen LogP contribution is 2.47. The highest BCUT2D eigenvalue weighted by molar-refractivity contribution is 5.68. The summed E-state index contributed by atoms with van der Waals surface area (Å²) in [6.07, 6.45) is 12.5. The first-order valence-electron chi connectivity index (χ1n) is 18.1. The van der Waals surface area contributed by atoms with E-state index < -0.39 is 11.6 Å². The second kappa shape index (κ2) is 15.6. The number of fused-ring (bicyclic) bond motifs is 5. The van der Waals surface area contributed by atoms with Crippen LogP contribution in [-0.4, -0.2) is 75.7 Å². The van der Waals surface area contributed by atoms with Crippen molar-refractivity contribution in [2.45, 2.75) is 152 Å². The lowest BCUT2D eigenvalue weighted by molar-refractivity contribution is -0.143. The van der Waals surface area contributed by atoms with Crippen LogP contribution in [-0.2, 0) is 22.4 Å². The summed E-state index contributed by atoms with van der Waals surface area (Å²) in [7, 11) is 0. The number of carbonyl (C=O) groups excluding carboxylic acids is 1. The molecule has 8 N–H and O–H groups in total. The number of benzene rings is 1. The molecule has 11 atom stereocenters. The molecule has 9 heteroatoms. The summed E-state index contributed by atoms with van der Waals surface area (Å²) in [4.78, 5) is 24.0. The van der Waals surface area contributed by atoms with Gasteiger partial charge in [-0.1, -0.05) is 49.9 Å². The van der Waals surface area contributed by atoms with E-state index in [2.05, 4.69) is 54.1 Å². The van der Waals surface area contributed by atoms with Crippen molar-refractivity contribution >= 4 is 12.3 Å². The Morgan fingerprint density at radius 2 is 1.80 bits per heavy atom. The van der Waals surface area contributed by atoms with Crippen molar-refractivity contribution in [1.82, 2.24) is 16.0 Å². The molecule has 3 aliphatic heterocycles. The van der Waals surface area contributed by atoms with E-state index in [0.717, 1.165) is 76.9 Å². The number of aliphatic hydroxyl groups is 2. The summed E-state index contributed by atoms with van der Waals surface area (Å²) in [6, 6.07) is 9.51. The number of hydrogen-bond donors (Lipinski definition) is 7. The predicted octanol–water partition coefficient (Wildman–Crippen LogP) is 3.68. The normalized spacial score (nSPS) is 41.4. The van der Waals surface area contributed by atoms with Crippen LogP contribution in [0.3, 0.4) is 0 Å². The summed E-state index contributed by atoms with van der Waals surface area (Å²) in [5.41, 5.74) is 7.48. The number of aliphatic hydroxyl groups excluding tert-OH is 1. The van der Waals surface area contributed by atoms with Gasteiger partial charge in [0.1, 0.15) is 6.29 Å². The number of nitrogens with two attached hydrogens (primary N) is 1. The Hall–Kier alpha value is -1.88. The van der Waals surface area contributed by atoms with Gasteiger partial charge in [-0.2, -0.15) is 0 Å². The number of aliphatic carboxylic acids is 1. The molecule has 9 nitrogen and oxygen atoms in total. The first-order valence-corrected chi connectivity index (χ1v) is 18.1. The SMILES string of the molecule is C[C@H]1N[C@H]([C@H]2CC[C@@H]3CCCCC[C@@](O)(CC(=O)O)CN[C@@]4(C)C[C@H](Cc5cccc(c5)C[C@H]3[C@@H]2CC=O)N[C@@H](N)C4)CC[C@H]1O. The molecule has 1 aromatic rings. The standard InChI is InChI=1S/C37H60N4O5/c1-24-33(43)13-12-32(40-24)30-11-10-27-9-4-3-5-15-37(46,22-35(44)45)23-39-36(2)20-28(41-34(38)21-36)18-25-7-6-8-26(17-25)19-31(27)29(30)14-16-42/h6-8,16-17,24,27-34,39-41,43,46H,3-5,9-15,18-23,38H2,1-2H3,(H,44,45)/t24-,27+,28+,29-,30+,31-,32+,33-,34-,36+,37-/m1/s1. The lowest BCUT2D eigenvalue weighted by Crippen LogP contribution is -2.63. The van der Waals surface area contributed by atoms with Crippen molar-refractivity contribution in [3.63, 3.8) is 0 Å². The average Bonchev–Trinajstić information content (AvgIpc) is 2.98. The molecule has 0 aromatic heterocycles. The summed E-state index contributed by atoms with van der Waals surface area (Å²) < 4.78 is 0. The van der Waals surface area contributed by atoms with E-state index in [0.29, 0.717) is 43.1 Å². The molecule has 1 aromatic carbocycles. The van der Waals surface area contributed by atoms with Crippen molar-refractivity contribution in [3.8, 4) is 0 Å². The van der Waals surface area contributed by atoms with Crippen molar-refractivity contribution < 1.29 is 24.9 Å². The maximum atomic E-state index is 12.2. The van der Waals surface area contributed by atoms with Crippen LogP contribution >= 0.6 is 0 Å². The van der Waals surface area contributed by atoms with E-state index in [-0.39, 0.29) is 48.8 Å². The first-order chi connectivity index (χ1) is 22.0. The fourth-order valence-corrected chi connectivity index (χ4v) is 9.79. The lowest BCUT2D eigenvalue weighted by atomic mass is 9.60. The Kier molecular flexibility index (Phi) is 12.0. The van der Waals surface area contributed by atoms with Gasteiger partial charge >= 0.3 is 5.97 Å². The van der Waals surface area contributed by atoms with Gasteiger partial charge in [-0.25, -0.2) is 0 Å². The van der Waals surface area contributed by atoms with E-state index >= 15 is 0 Å². The van der Waals surface area contributed by atoms with Gasteiger partial charge in [-0.3, -0.25) is 10.1 Å². The number of carboxylic acid groups (broad SMARTS) is 1. The smallest absolute Gasteiger partial charge is 0.306 e. The van der Waals surface area contributed by atoms with Gasteiger partial charge in [0.25, 0.3) is 0 Å². The third-order valence-corrected chi connectivity index (χ3v) is 12.1. The fraction of sp³-hybridized carbons (Fsp3) is 0.784.